The molecule has 1 aromatic carbocycles. The Bertz CT molecular complexity index is 747. The third-order valence-electron chi connectivity index (χ3n) is 3.60. The van der Waals surface area contributed by atoms with Gasteiger partial charge in [-0.25, -0.2) is 9.67 Å². The molecule has 4 rings (SSSR count). The summed E-state index contributed by atoms with van der Waals surface area (Å²) in [5.74, 6) is 1.75. The molecule has 1 aliphatic rings. The van der Waals surface area contributed by atoms with E-state index in [1.165, 1.54) is 11.1 Å². The second kappa shape index (κ2) is 5.05. The molecular weight excluding hydrogens is 266 g/mol. The highest BCUT2D eigenvalue weighted by Gasteiger charge is 2.11. The van der Waals surface area contributed by atoms with Crippen LogP contribution in [-0.2, 0) is 13.0 Å². The van der Waals surface area contributed by atoms with E-state index in [0.717, 1.165) is 36.7 Å². The van der Waals surface area contributed by atoms with E-state index in [-0.39, 0.29) is 0 Å². The summed E-state index contributed by atoms with van der Waals surface area (Å²) in [4.78, 5) is 7.20. The van der Waals surface area contributed by atoms with Crippen LogP contribution < -0.4 is 4.74 Å². The number of aryl methyl sites for hydroxylation is 1. The second-order valence-corrected chi connectivity index (χ2v) is 5.13. The van der Waals surface area contributed by atoms with Crippen molar-refractivity contribution < 1.29 is 4.74 Å². The number of imidazole rings is 1. The van der Waals surface area contributed by atoms with Crippen molar-refractivity contribution in [2.24, 2.45) is 0 Å². The Labute approximate surface area is 121 Å². The minimum Gasteiger partial charge on any atom is -0.493 e. The number of nitrogens with one attached hydrogen (secondary N) is 1. The van der Waals surface area contributed by atoms with Crippen molar-refractivity contribution in [1.29, 1.82) is 0 Å². The summed E-state index contributed by atoms with van der Waals surface area (Å²) in [5.41, 5.74) is 3.24. The number of H-pyrrole nitrogens is 1. The molecule has 0 saturated heterocycles. The van der Waals surface area contributed by atoms with Crippen LogP contribution in [0.2, 0.25) is 0 Å². The molecule has 3 aromatic rings. The molecule has 0 unspecified atom stereocenters. The van der Waals surface area contributed by atoms with E-state index in [9.17, 15) is 0 Å². The Morgan fingerprint density at radius 1 is 1.33 bits per heavy atom. The Balaban J connectivity index is 1.56. The van der Waals surface area contributed by atoms with E-state index in [0.29, 0.717) is 6.54 Å². The van der Waals surface area contributed by atoms with E-state index in [2.05, 4.69) is 32.4 Å². The predicted molar refractivity (Wildman–Crippen MR) is 77.0 cm³/mol. The normalized spacial score (nSPS) is 13.7. The van der Waals surface area contributed by atoms with Crippen LogP contribution in [-0.4, -0.2) is 31.6 Å². The lowest BCUT2D eigenvalue weighted by Gasteiger charge is -2.17. The summed E-state index contributed by atoms with van der Waals surface area (Å²) in [6, 6.07) is 6.33. The predicted octanol–water partition coefficient (Wildman–Crippen LogP) is 2.04. The van der Waals surface area contributed by atoms with Gasteiger partial charge in [0.1, 0.15) is 11.4 Å². The maximum atomic E-state index is 5.63. The van der Waals surface area contributed by atoms with Gasteiger partial charge in [0.2, 0.25) is 0 Å². The fourth-order valence-electron chi connectivity index (χ4n) is 2.59. The van der Waals surface area contributed by atoms with Gasteiger partial charge in [0, 0.05) is 12.4 Å². The summed E-state index contributed by atoms with van der Waals surface area (Å²) < 4.78 is 7.46. The zero-order valence-electron chi connectivity index (χ0n) is 11.5. The van der Waals surface area contributed by atoms with Crippen LogP contribution in [0.4, 0.5) is 0 Å². The first kappa shape index (κ1) is 12.1. The molecule has 0 aliphatic carbocycles. The smallest absolute Gasteiger partial charge is 0.159 e. The van der Waals surface area contributed by atoms with Crippen molar-refractivity contribution in [1.82, 2.24) is 25.0 Å². The first-order valence-corrected chi connectivity index (χ1v) is 7.03. The van der Waals surface area contributed by atoms with E-state index in [1.54, 1.807) is 12.4 Å². The monoisotopic (exact) mass is 281 g/mol. The molecule has 0 fully saturated rings. The van der Waals surface area contributed by atoms with Crippen molar-refractivity contribution in [2.45, 2.75) is 19.4 Å². The fraction of sp³-hybridized carbons (Fsp3) is 0.267. The number of hydrogen-bond donors (Lipinski definition) is 1. The van der Waals surface area contributed by atoms with Crippen molar-refractivity contribution in [3.63, 3.8) is 0 Å². The van der Waals surface area contributed by atoms with Gasteiger partial charge >= 0.3 is 0 Å². The number of aromatic nitrogens is 5. The molecule has 21 heavy (non-hydrogen) atoms. The third kappa shape index (κ3) is 2.40. The zero-order chi connectivity index (χ0) is 14.1. The lowest BCUT2D eigenvalue weighted by atomic mass is 10.0. The topological polar surface area (TPSA) is 68.6 Å². The lowest BCUT2D eigenvalue weighted by Crippen LogP contribution is -2.09. The number of aromatic amines is 1. The van der Waals surface area contributed by atoms with Gasteiger partial charge in [-0.3, -0.25) is 0 Å². The van der Waals surface area contributed by atoms with Crippen LogP contribution in [0.1, 0.15) is 17.5 Å². The van der Waals surface area contributed by atoms with Gasteiger partial charge in [-0.2, -0.15) is 0 Å². The number of nitrogens with zero attached hydrogens (tertiary/aromatic N) is 4. The Morgan fingerprint density at radius 3 is 3.24 bits per heavy atom. The SMILES string of the molecule is c1c[nH]c(-c2cn(Cc3ccc4c(c3)CCCO4)nn2)n1. The molecule has 0 atom stereocenters. The molecule has 2 aromatic heterocycles. The van der Waals surface area contributed by atoms with Crippen molar-refractivity contribution in [3.05, 3.63) is 47.9 Å². The Hall–Kier alpha value is -2.63. The zero-order valence-corrected chi connectivity index (χ0v) is 11.5. The summed E-state index contributed by atoms with van der Waals surface area (Å²) in [6.45, 7) is 1.52. The number of rotatable bonds is 3. The van der Waals surface area contributed by atoms with Crippen LogP contribution in [0.25, 0.3) is 11.5 Å². The largest absolute Gasteiger partial charge is 0.493 e. The molecule has 1 N–H and O–H groups in total. The van der Waals surface area contributed by atoms with Gasteiger partial charge in [0.25, 0.3) is 0 Å². The molecule has 0 amide bonds. The minimum atomic E-state index is 0.695. The van der Waals surface area contributed by atoms with Crippen LogP contribution in [0.5, 0.6) is 5.75 Å². The molecule has 0 radical (unpaired) electrons. The first-order valence-electron chi connectivity index (χ1n) is 7.03. The Morgan fingerprint density at radius 2 is 2.33 bits per heavy atom. The molecule has 6 heteroatoms. The van der Waals surface area contributed by atoms with E-state index >= 15 is 0 Å². The molecule has 0 spiro atoms. The van der Waals surface area contributed by atoms with Gasteiger partial charge in [-0.1, -0.05) is 17.3 Å². The van der Waals surface area contributed by atoms with E-state index in [1.807, 2.05) is 16.9 Å². The van der Waals surface area contributed by atoms with Crippen molar-refractivity contribution in [2.75, 3.05) is 6.61 Å². The highest BCUT2D eigenvalue weighted by atomic mass is 16.5. The molecule has 1 aliphatic heterocycles. The molecular formula is C15H15N5O. The first-order chi connectivity index (χ1) is 10.4. The van der Waals surface area contributed by atoms with Crippen molar-refractivity contribution in [3.8, 4) is 17.3 Å². The molecule has 0 bridgehead atoms. The van der Waals surface area contributed by atoms with E-state index < -0.39 is 0 Å². The number of ether oxygens (including phenoxy) is 1. The highest BCUT2D eigenvalue weighted by Crippen LogP contribution is 2.25. The van der Waals surface area contributed by atoms with Crippen LogP contribution >= 0.6 is 0 Å². The maximum Gasteiger partial charge on any atom is 0.159 e. The quantitative estimate of drug-likeness (QED) is 0.797. The fourth-order valence-corrected chi connectivity index (χ4v) is 2.59. The van der Waals surface area contributed by atoms with E-state index in [4.69, 9.17) is 4.74 Å². The maximum absolute atomic E-state index is 5.63. The van der Waals surface area contributed by atoms with Crippen LogP contribution in [0.3, 0.4) is 0 Å². The van der Waals surface area contributed by atoms with Gasteiger partial charge in [0.15, 0.2) is 5.82 Å². The summed E-state index contributed by atoms with van der Waals surface area (Å²) in [5, 5.41) is 8.29. The van der Waals surface area contributed by atoms with Gasteiger partial charge in [-0.05, 0) is 30.0 Å². The molecule has 3 heterocycles. The van der Waals surface area contributed by atoms with Crippen LogP contribution in [0, 0.1) is 0 Å². The van der Waals surface area contributed by atoms with Gasteiger partial charge < -0.3 is 9.72 Å². The molecule has 6 nitrogen and oxygen atoms in total. The lowest BCUT2D eigenvalue weighted by molar-refractivity contribution is 0.288. The summed E-state index contributed by atoms with van der Waals surface area (Å²) >= 11 is 0. The molecule has 0 saturated carbocycles. The number of benzene rings is 1. The third-order valence-corrected chi connectivity index (χ3v) is 3.60. The molecule has 106 valence electrons. The summed E-state index contributed by atoms with van der Waals surface area (Å²) in [6.07, 6.45) is 7.55. The average Bonchev–Trinajstić information content (AvgIpc) is 3.18. The van der Waals surface area contributed by atoms with Crippen molar-refractivity contribution >= 4 is 0 Å². The van der Waals surface area contributed by atoms with Crippen LogP contribution in [0.15, 0.2) is 36.8 Å². The second-order valence-electron chi connectivity index (χ2n) is 5.13. The summed E-state index contributed by atoms with van der Waals surface area (Å²) in [7, 11) is 0. The number of fused-ring (bicyclic) bond motifs is 1. The number of hydrogen-bond acceptors (Lipinski definition) is 4. The standard InChI is InChI=1S/C15H15N5O/c1-2-12-8-11(3-4-14(12)21-7-1)9-20-10-13(18-19-20)15-16-5-6-17-15/h3-6,8,10H,1-2,7,9H2,(H,16,17). The average molecular weight is 281 g/mol. The highest BCUT2D eigenvalue weighted by molar-refractivity contribution is 5.46. The Kier molecular flexibility index (Phi) is 2.92. The van der Waals surface area contributed by atoms with Gasteiger partial charge in [-0.15, -0.1) is 5.10 Å². The minimum absolute atomic E-state index is 0.695. The van der Waals surface area contributed by atoms with Gasteiger partial charge in [0.05, 0.1) is 19.3 Å².